The van der Waals surface area contributed by atoms with Gasteiger partial charge < -0.3 is 15.8 Å². The van der Waals surface area contributed by atoms with Gasteiger partial charge in [0.25, 0.3) is 0 Å². The van der Waals surface area contributed by atoms with Gasteiger partial charge in [0, 0.05) is 25.2 Å². The van der Waals surface area contributed by atoms with Crippen LogP contribution in [0.15, 0.2) is 66.7 Å². The third kappa shape index (κ3) is 7.70. The number of unbranched alkanes of at least 4 members (excludes halogenated alkanes) is 1. The molecular formula is C31H37F2N5O2. The maximum atomic E-state index is 13.9. The summed E-state index contributed by atoms with van der Waals surface area (Å²) in [4.78, 5) is 13.7. The van der Waals surface area contributed by atoms with Gasteiger partial charge >= 0.3 is 5.97 Å². The SMILES string of the molecule is CCCCC(C(=O)O[C@H](CNCc1cccc(CC)c1)[C@@H](N)Cc1cc(F)cc(F)c1)n1nnc2ccccc21. The highest BCUT2D eigenvalue weighted by atomic mass is 19.1. The Hall–Kier alpha value is -3.69. The third-order valence-corrected chi connectivity index (χ3v) is 6.99. The van der Waals surface area contributed by atoms with Crippen LogP contribution in [0.4, 0.5) is 8.78 Å². The Morgan fingerprint density at radius 1 is 1.00 bits per heavy atom. The van der Waals surface area contributed by atoms with Crippen LogP contribution in [0.5, 0.6) is 0 Å². The fourth-order valence-corrected chi connectivity index (χ4v) is 4.81. The van der Waals surface area contributed by atoms with Crippen LogP contribution >= 0.6 is 0 Å². The van der Waals surface area contributed by atoms with Crippen LogP contribution in [0.3, 0.4) is 0 Å². The second kappa shape index (κ2) is 14.1. The molecule has 0 aliphatic heterocycles. The van der Waals surface area contributed by atoms with E-state index in [-0.39, 0.29) is 13.0 Å². The van der Waals surface area contributed by atoms with E-state index in [1.165, 1.54) is 17.7 Å². The van der Waals surface area contributed by atoms with Gasteiger partial charge in [0.15, 0.2) is 6.04 Å². The first-order valence-electron chi connectivity index (χ1n) is 13.9. The van der Waals surface area contributed by atoms with Gasteiger partial charge in [-0.2, -0.15) is 0 Å². The van der Waals surface area contributed by atoms with Crippen molar-refractivity contribution in [1.82, 2.24) is 20.3 Å². The lowest BCUT2D eigenvalue weighted by Gasteiger charge is -2.27. The summed E-state index contributed by atoms with van der Waals surface area (Å²) in [7, 11) is 0. The van der Waals surface area contributed by atoms with Gasteiger partial charge in [-0.15, -0.1) is 5.10 Å². The molecule has 0 bridgehead atoms. The Morgan fingerprint density at radius 2 is 1.75 bits per heavy atom. The predicted octanol–water partition coefficient (Wildman–Crippen LogP) is 5.27. The maximum absolute atomic E-state index is 13.9. The first-order valence-corrected chi connectivity index (χ1v) is 13.9. The molecule has 0 saturated heterocycles. The molecule has 0 aliphatic carbocycles. The number of fused-ring (bicyclic) bond motifs is 1. The fourth-order valence-electron chi connectivity index (χ4n) is 4.81. The Labute approximate surface area is 233 Å². The topological polar surface area (TPSA) is 95.1 Å². The maximum Gasteiger partial charge on any atom is 0.331 e. The molecule has 1 heterocycles. The lowest BCUT2D eigenvalue weighted by molar-refractivity contribution is -0.154. The summed E-state index contributed by atoms with van der Waals surface area (Å²) in [5.41, 5.74) is 10.7. The Morgan fingerprint density at radius 3 is 2.50 bits per heavy atom. The summed E-state index contributed by atoms with van der Waals surface area (Å²) in [5.74, 6) is -1.82. The highest BCUT2D eigenvalue weighted by Crippen LogP contribution is 2.23. The van der Waals surface area contributed by atoms with Crippen molar-refractivity contribution < 1.29 is 18.3 Å². The molecule has 0 spiro atoms. The Bertz CT molecular complexity index is 1390. The number of hydrogen-bond donors (Lipinski definition) is 2. The lowest BCUT2D eigenvalue weighted by atomic mass is 10.0. The molecule has 212 valence electrons. The highest BCUT2D eigenvalue weighted by Gasteiger charge is 2.30. The van der Waals surface area contributed by atoms with Crippen LogP contribution in [-0.4, -0.2) is 39.7 Å². The number of ether oxygens (including phenoxy) is 1. The van der Waals surface area contributed by atoms with E-state index in [1.807, 2.05) is 36.4 Å². The van der Waals surface area contributed by atoms with E-state index in [0.29, 0.717) is 24.0 Å². The monoisotopic (exact) mass is 549 g/mol. The van der Waals surface area contributed by atoms with Gasteiger partial charge in [0.05, 0.1) is 5.52 Å². The number of rotatable bonds is 14. The minimum absolute atomic E-state index is 0.130. The zero-order valence-corrected chi connectivity index (χ0v) is 23.0. The van der Waals surface area contributed by atoms with Gasteiger partial charge in [-0.3, -0.25) is 0 Å². The molecule has 3 N–H and O–H groups in total. The van der Waals surface area contributed by atoms with E-state index in [1.54, 1.807) is 4.68 Å². The number of hydrogen-bond acceptors (Lipinski definition) is 6. The molecule has 3 atom stereocenters. The normalized spacial score (nSPS) is 13.7. The number of carbonyl (C=O) groups is 1. The summed E-state index contributed by atoms with van der Waals surface area (Å²) >= 11 is 0. The number of aryl methyl sites for hydroxylation is 1. The average molecular weight is 550 g/mol. The van der Waals surface area contributed by atoms with Crippen molar-refractivity contribution in [1.29, 1.82) is 0 Å². The largest absolute Gasteiger partial charge is 0.458 e. The van der Waals surface area contributed by atoms with E-state index in [0.717, 1.165) is 36.4 Å². The molecule has 0 aliphatic rings. The number of nitrogens with two attached hydrogens (primary N) is 1. The molecule has 0 amide bonds. The van der Waals surface area contributed by atoms with Crippen molar-refractivity contribution in [3.8, 4) is 0 Å². The molecule has 7 nitrogen and oxygen atoms in total. The van der Waals surface area contributed by atoms with Crippen molar-refractivity contribution in [3.63, 3.8) is 0 Å². The van der Waals surface area contributed by atoms with Crippen molar-refractivity contribution in [2.75, 3.05) is 6.54 Å². The zero-order chi connectivity index (χ0) is 28.5. The standard InChI is InChI=1S/C31H37F2N5O2/c1-3-5-12-29(38-28-13-7-6-11-27(28)36-37-38)31(39)40-30(20-35-19-22-10-8-9-21(4-2)14-22)26(34)17-23-15-24(32)18-25(33)16-23/h6-11,13-16,18,26,29-30,35H,3-5,12,17,19-20,34H2,1-2H3/t26-,29?,30+/m0/s1. The quantitative estimate of drug-likeness (QED) is 0.208. The molecule has 1 unspecified atom stereocenters. The molecule has 0 fully saturated rings. The van der Waals surface area contributed by atoms with Gasteiger partial charge in [-0.05, 0) is 60.2 Å². The molecular weight excluding hydrogens is 512 g/mol. The fraction of sp³-hybridized carbons (Fsp3) is 0.387. The minimum Gasteiger partial charge on any atom is -0.458 e. The number of esters is 1. The van der Waals surface area contributed by atoms with E-state index in [4.69, 9.17) is 10.5 Å². The predicted molar refractivity (Wildman–Crippen MR) is 152 cm³/mol. The molecule has 1 aromatic heterocycles. The van der Waals surface area contributed by atoms with Crippen LogP contribution in [0.25, 0.3) is 11.0 Å². The summed E-state index contributed by atoms with van der Waals surface area (Å²) in [6.45, 7) is 4.97. The number of nitrogens with zero attached hydrogens (tertiary/aromatic N) is 3. The molecule has 0 radical (unpaired) electrons. The molecule has 0 saturated carbocycles. The van der Waals surface area contributed by atoms with Crippen LogP contribution < -0.4 is 11.1 Å². The van der Waals surface area contributed by atoms with Crippen LogP contribution in [0, 0.1) is 11.6 Å². The lowest BCUT2D eigenvalue weighted by Crippen LogP contribution is -2.46. The zero-order valence-electron chi connectivity index (χ0n) is 23.0. The molecule has 4 aromatic rings. The van der Waals surface area contributed by atoms with E-state index >= 15 is 0 Å². The van der Waals surface area contributed by atoms with Gasteiger partial charge in [0.1, 0.15) is 23.3 Å². The Kier molecular flexibility index (Phi) is 10.3. The number of nitrogens with one attached hydrogen (secondary N) is 1. The van der Waals surface area contributed by atoms with Gasteiger partial charge in [-0.25, -0.2) is 18.3 Å². The second-order valence-electron chi connectivity index (χ2n) is 10.1. The number of benzene rings is 3. The molecule has 40 heavy (non-hydrogen) atoms. The first-order chi connectivity index (χ1) is 19.4. The second-order valence-corrected chi connectivity index (χ2v) is 10.1. The third-order valence-electron chi connectivity index (χ3n) is 6.99. The van der Waals surface area contributed by atoms with E-state index in [2.05, 4.69) is 41.6 Å². The van der Waals surface area contributed by atoms with Gasteiger partial charge in [0.2, 0.25) is 0 Å². The van der Waals surface area contributed by atoms with Crippen molar-refractivity contribution in [2.24, 2.45) is 5.73 Å². The molecule has 9 heteroatoms. The Balaban J connectivity index is 1.54. The molecule has 4 rings (SSSR count). The van der Waals surface area contributed by atoms with Crippen LogP contribution in [0.2, 0.25) is 0 Å². The summed E-state index contributed by atoms with van der Waals surface area (Å²) in [5, 5.41) is 11.8. The van der Waals surface area contributed by atoms with Crippen molar-refractivity contribution in [2.45, 2.75) is 70.7 Å². The van der Waals surface area contributed by atoms with E-state index < -0.39 is 35.8 Å². The van der Waals surface area contributed by atoms with E-state index in [9.17, 15) is 13.6 Å². The van der Waals surface area contributed by atoms with Gasteiger partial charge in [-0.1, -0.05) is 68.3 Å². The summed E-state index contributed by atoms with van der Waals surface area (Å²) < 4.78 is 35.4. The number of carbonyl (C=O) groups excluding carboxylic acids is 1. The number of halogens is 2. The van der Waals surface area contributed by atoms with Crippen molar-refractivity contribution in [3.05, 3.63) is 95.1 Å². The highest BCUT2D eigenvalue weighted by molar-refractivity contribution is 5.79. The van der Waals surface area contributed by atoms with Crippen LogP contribution in [0.1, 0.15) is 55.8 Å². The number of para-hydroxylation sites is 1. The number of aromatic nitrogens is 3. The minimum atomic E-state index is -0.757. The van der Waals surface area contributed by atoms with Crippen LogP contribution in [-0.2, 0) is 28.9 Å². The summed E-state index contributed by atoms with van der Waals surface area (Å²) in [6, 6.07) is 17.6. The average Bonchev–Trinajstić information content (AvgIpc) is 3.36. The van der Waals surface area contributed by atoms with Crippen molar-refractivity contribution >= 4 is 17.0 Å². The first kappa shape index (κ1) is 29.3. The smallest absolute Gasteiger partial charge is 0.331 e. The molecule has 3 aromatic carbocycles. The summed E-state index contributed by atoms with van der Waals surface area (Å²) in [6.07, 6.45) is 2.51.